The topological polar surface area (TPSA) is 125 Å². The van der Waals surface area contributed by atoms with Crippen molar-refractivity contribution in [2.24, 2.45) is 21.1 Å². The highest BCUT2D eigenvalue weighted by Crippen LogP contribution is 2.42. The predicted octanol–water partition coefficient (Wildman–Crippen LogP) is 0.788. The zero-order chi connectivity index (χ0) is 30.9. The number of carbonyl (C=O) groups excluding carboxylic acids is 2. The van der Waals surface area contributed by atoms with E-state index in [-0.39, 0.29) is 24.5 Å². The largest absolute Gasteiger partial charge is 0.403 e. The van der Waals surface area contributed by atoms with Gasteiger partial charge in [0.15, 0.2) is 12.1 Å². The highest BCUT2D eigenvalue weighted by molar-refractivity contribution is 6.00. The minimum atomic E-state index is -4.45. The third kappa shape index (κ3) is 6.66. The molecule has 5 aliphatic rings. The molecule has 5 aliphatic heterocycles. The van der Waals surface area contributed by atoms with Crippen molar-refractivity contribution in [3.63, 3.8) is 0 Å². The molecule has 2 amide bonds. The molecule has 3 saturated heterocycles. The molecular weight excluding hydrogens is 565 g/mol. The van der Waals surface area contributed by atoms with Gasteiger partial charge in [-0.3, -0.25) is 19.6 Å². The summed E-state index contributed by atoms with van der Waals surface area (Å²) < 4.78 is 40.4. The number of rotatable bonds is 8. The number of likely N-dealkylation sites (N-methyl/N-ethyl adjacent to an activating group) is 1. The Hall–Kier alpha value is -3.59. The lowest BCUT2D eigenvalue weighted by atomic mass is 9.87. The van der Waals surface area contributed by atoms with E-state index in [1.54, 1.807) is 9.91 Å². The number of piperazine rings is 2. The van der Waals surface area contributed by atoms with E-state index in [0.29, 0.717) is 37.7 Å². The van der Waals surface area contributed by atoms with E-state index in [2.05, 4.69) is 25.5 Å². The molecule has 0 aromatic rings. The second-order valence-corrected chi connectivity index (χ2v) is 12.3. The molecule has 0 spiro atoms. The second-order valence-electron chi connectivity index (χ2n) is 12.3. The van der Waals surface area contributed by atoms with Crippen LogP contribution >= 0.6 is 0 Å². The summed E-state index contributed by atoms with van der Waals surface area (Å²) >= 11 is 0. The van der Waals surface area contributed by atoms with Crippen molar-refractivity contribution in [3.8, 4) is 0 Å². The summed E-state index contributed by atoms with van der Waals surface area (Å²) in [6.07, 6.45) is 4.51. The Morgan fingerprint density at radius 3 is 2.44 bits per heavy atom. The lowest BCUT2D eigenvalue weighted by molar-refractivity contribution is -0.215. The van der Waals surface area contributed by atoms with Crippen LogP contribution in [-0.2, 0) is 9.59 Å². The van der Waals surface area contributed by atoms with Gasteiger partial charge in [0.2, 0.25) is 11.8 Å². The molecule has 5 rings (SSSR count). The summed E-state index contributed by atoms with van der Waals surface area (Å²) in [6.45, 7) is 6.29. The van der Waals surface area contributed by atoms with Crippen LogP contribution in [0.15, 0.2) is 45.9 Å². The van der Waals surface area contributed by atoms with Crippen LogP contribution < -0.4 is 16.5 Å². The molecule has 0 aliphatic carbocycles. The summed E-state index contributed by atoms with van der Waals surface area (Å²) in [7, 11) is 2.03. The Kier molecular flexibility index (Phi) is 8.75. The standard InChI is InChI=1S/C28H41F3N10O2/c1-27(2,28(29,30)31)13-23(42)41-20-6-7-21(41)18-39(17-20)22-5-4-8-40-25(22)35-26(36-40)34-19(14-32)15-33-16-24(43)38-11-9-37(3)10-12-38/h4-5,8,14-15,20-21,26,34,36H,6-7,9-13,16-18,32H2,1-3H3. The van der Waals surface area contributed by atoms with Crippen molar-refractivity contribution in [1.29, 1.82) is 0 Å². The molecule has 0 saturated carbocycles. The summed E-state index contributed by atoms with van der Waals surface area (Å²) in [6, 6.07) is -0.313. The van der Waals surface area contributed by atoms with Gasteiger partial charge in [0.1, 0.15) is 6.54 Å². The lowest BCUT2D eigenvalue weighted by Gasteiger charge is -2.44. The highest BCUT2D eigenvalue weighted by Gasteiger charge is 2.51. The number of alkyl halides is 3. The maximum absolute atomic E-state index is 13.5. The number of likely N-dealkylation sites (tertiary alicyclic amines) is 1. The summed E-state index contributed by atoms with van der Waals surface area (Å²) in [5.41, 5.74) is 8.34. The highest BCUT2D eigenvalue weighted by atomic mass is 19.4. The lowest BCUT2D eigenvalue weighted by Crippen LogP contribution is -2.57. The molecule has 3 unspecified atom stereocenters. The maximum atomic E-state index is 13.5. The maximum Gasteiger partial charge on any atom is 0.394 e. The number of hydrogen-bond acceptors (Lipinski definition) is 10. The van der Waals surface area contributed by atoms with Crippen molar-refractivity contribution in [3.05, 3.63) is 35.9 Å². The number of hydrazine groups is 1. The number of amides is 2. The average molecular weight is 607 g/mol. The number of amidine groups is 1. The SMILES string of the molecule is CN1CCN(C(=O)CN=CC(=CN)NC2N=C3C(N4CC5CCC(C4)N5C(=O)CC(C)(C)C(F)(F)F)=CC=CN3N2)CC1. The van der Waals surface area contributed by atoms with Gasteiger partial charge in [-0.25, -0.2) is 4.99 Å². The molecule has 2 bridgehead atoms. The van der Waals surface area contributed by atoms with Crippen LogP contribution in [0.4, 0.5) is 13.2 Å². The van der Waals surface area contributed by atoms with Crippen LogP contribution in [-0.4, -0.2) is 126 Å². The first kappa shape index (κ1) is 30.9. The first-order valence-electron chi connectivity index (χ1n) is 14.7. The Morgan fingerprint density at radius 1 is 1.14 bits per heavy atom. The van der Waals surface area contributed by atoms with Gasteiger partial charge < -0.3 is 30.7 Å². The minimum absolute atomic E-state index is 0.0294. The fraction of sp³-hybridized carbons (Fsp3) is 0.643. The summed E-state index contributed by atoms with van der Waals surface area (Å²) in [5.74, 6) is 0.207. The zero-order valence-corrected chi connectivity index (χ0v) is 24.8. The monoisotopic (exact) mass is 606 g/mol. The number of carbonyl (C=O) groups is 2. The molecule has 0 radical (unpaired) electrons. The molecule has 3 atom stereocenters. The number of nitrogens with one attached hydrogen (secondary N) is 2. The van der Waals surface area contributed by atoms with Crippen molar-refractivity contribution in [1.82, 2.24) is 35.4 Å². The van der Waals surface area contributed by atoms with Gasteiger partial charge in [0.25, 0.3) is 0 Å². The molecular formula is C28H41F3N10O2. The third-order valence-corrected chi connectivity index (χ3v) is 8.73. The molecule has 4 N–H and O–H groups in total. The van der Waals surface area contributed by atoms with Crippen LogP contribution in [0, 0.1) is 5.41 Å². The van der Waals surface area contributed by atoms with Gasteiger partial charge in [0.05, 0.1) is 16.8 Å². The minimum Gasteiger partial charge on any atom is -0.403 e. The van der Waals surface area contributed by atoms with E-state index >= 15 is 0 Å². The number of hydrogen-bond donors (Lipinski definition) is 3. The molecule has 236 valence electrons. The van der Waals surface area contributed by atoms with Crippen LogP contribution in [0.2, 0.25) is 0 Å². The molecule has 15 heteroatoms. The van der Waals surface area contributed by atoms with Crippen molar-refractivity contribution < 1.29 is 22.8 Å². The van der Waals surface area contributed by atoms with E-state index < -0.39 is 30.2 Å². The van der Waals surface area contributed by atoms with Crippen LogP contribution in [0.25, 0.3) is 0 Å². The first-order valence-corrected chi connectivity index (χ1v) is 14.7. The fourth-order valence-corrected chi connectivity index (χ4v) is 6.06. The molecule has 43 heavy (non-hydrogen) atoms. The molecule has 3 fully saturated rings. The molecule has 0 aromatic carbocycles. The number of halogens is 3. The number of nitrogens with two attached hydrogens (primary N) is 1. The molecule has 5 heterocycles. The van der Waals surface area contributed by atoms with Gasteiger partial charge in [0, 0.05) is 76.4 Å². The van der Waals surface area contributed by atoms with Crippen LogP contribution in [0.3, 0.4) is 0 Å². The van der Waals surface area contributed by atoms with E-state index in [9.17, 15) is 22.8 Å². The number of fused-ring (bicyclic) bond motifs is 3. The van der Waals surface area contributed by atoms with Gasteiger partial charge in [-0.05, 0) is 32.0 Å². The smallest absolute Gasteiger partial charge is 0.394 e. The van der Waals surface area contributed by atoms with E-state index in [4.69, 9.17) is 10.7 Å². The predicted molar refractivity (Wildman–Crippen MR) is 156 cm³/mol. The Morgan fingerprint density at radius 2 is 1.81 bits per heavy atom. The van der Waals surface area contributed by atoms with E-state index in [0.717, 1.165) is 45.5 Å². The third-order valence-electron chi connectivity index (χ3n) is 8.73. The first-order chi connectivity index (χ1) is 20.4. The van der Waals surface area contributed by atoms with E-state index in [1.165, 1.54) is 12.4 Å². The van der Waals surface area contributed by atoms with Gasteiger partial charge in [-0.2, -0.15) is 18.6 Å². The number of allylic oxidation sites excluding steroid dienone is 3. The van der Waals surface area contributed by atoms with E-state index in [1.807, 2.05) is 30.3 Å². The normalized spacial score (nSPS) is 26.7. The second kappa shape index (κ2) is 12.2. The van der Waals surface area contributed by atoms with Crippen LogP contribution in [0.1, 0.15) is 33.1 Å². The Labute approximate surface area is 249 Å². The average Bonchev–Trinajstić information content (AvgIpc) is 3.48. The molecule has 12 nitrogen and oxygen atoms in total. The van der Waals surface area contributed by atoms with Crippen molar-refractivity contribution in [2.45, 2.75) is 57.7 Å². The Bertz CT molecular complexity index is 1220. The number of aliphatic imine (C=N–C) groups is 2. The Balaban J connectivity index is 1.18. The van der Waals surface area contributed by atoms with Crippen LogP contribution in [0.5, 0.6) is 0 Å². The zero-order valence-electron chi connectivity index (χ0n) is 24.8. The summed E-state index contributed by atoms with van der Waals surface area (Å²) in [5, 5.41) is 4.97. The van der Waals surface area contributed by atoms with Gasteiger partial charge in [-0.15, -0.1) is 0 Å². The van der Waals surface area contributed by atoms with Crippen molar-refractivity contribution in [2.75, 3.05) is 52.9 Å². The summed E-state index contributed by atoms with van der Waals surface area (Å²) in [4.78, 5) is 42.4. The quantitative estimate of drug-likeness (QED) is 0.347. The molecule has 0 aromatic heterocycles. The van der Waals surface area contributed by atoms with Crippen molar-refractivity contribution >= 4 is 23.9 Å². The van der Waals surface area contributed by atoms with Gasteiger partial charge in [-0.1, -0.05) is 13.8 Å². The van der Waals surface area contributed by atoms with Gasteiger partial charge >= 0.3 is 6.18 Å². The fourth-order valence-electron chi connectivity index (χ4n) is 6.06. The number of nitrogens with zero attached hydrogens (tertiary/aromatic N) is 7.